The molecule has 2 N–H and O–H groups in total. The van der Waals surface area contributed by atoms with Gasteiger partial charge in [-0.3, -0.25) is 14.6 Å². The molecule has 1 unspecified atom stereocenters. The van der Waals surface area contributed by atoms with Crippen LogP contribution in [0.3, 0.4) is 0 Å². The fraction of sp³-hybridized carbons (Fsp3) is 0.455. The molecule has 0 aliphatic heterocycles. The fourth-order valence-corrected chi connectivity index (χ4v) is 3.91. The number of carbonyl (C=O) groups is 2. The summed E-state index contributed by atoms with van der Waals surface area (Å²) in [6.45, 7) is 2.19. The highest BCUT2D eigenvalue weighted by atomic mass is 16.5. The Hall–Kier alpha value is -2.96. The molecule has 0 radical (unpaired) electrons. The molecule has 7 nitrogen and oxygen atoms in total. The van der Waals surface area contributed by atoms with E-state index in [-0.39, 0.29) is 17.9 Å². The number of pyridine rings is 2. The summed E-state index contributed by atoms with van der Waals surface area (Å²) in [5, 5.41) is 6.09. The molecule has 1 fully saturated rings. The second-order valence-electron chi connectivity index (χ2n) is 7.51. The maximum atomic E-state index is 12.3. The molecule has 1 aliphatic rings. The zero-order valence-corrected chi connectivity index (χ0v) is 16.9. The van der Waals surface area contributed by atoms with Gasteiger partial charge in [0.1, 0.15) is 0 Å². The van der Waals surface area contributed by atoms with Crippen molar-refractivity contribution in [2.24, 2.45) is 11.8 Å². The first-order chi connectivity index (χ1) is 14.1. The van der Waals surface area contributed by atoms with E-state index in [0.717, 1.165) is 31.4 Å². The molecule has 0 spiro atoms. The number of aromatic nitrogens is 2. The van der Waals surface area contributed by atoms with Gasteiger partial charge in [0.2, 0.25) is 11.8 Å². The van der Waals surface area contributed by atoms with Gasteiger partial charge >= 0.3 is 0 Å². The van der Waals surface area contributed by atoms with Crippen LogP contribution in [0.2, 0.25) is 0 Å². The summed E-state index contributed by atoms with van der Waals surface area (Å²) in [5.74, 6) is 1.12. The number of hydrogen-bond donors (Lipinski definition) is 2. The normalized spacial score (nSPS) is 19.8. The fourth-order valence-electron chi connectivity index (χ4n) is 3.91. The van der Waals surface area contributed by atoms with Crippen molar-refractivity contribution < 1.29 is 14.3 Å². The van der Waals surface area contributed by atoms with Gasteiger partial charge in [0.15, 0.2) is 0 Å². The molecule has 2 heterocycles. The number of rotatable bonds is 7. The quantitative estimate of drug-likeness (QED) is 0.751. The minimum Gasteiger partial charge on any atom is -0.481 e. The van der Waals surface area contributed by atoms with E-state index in [9.17, 15) is 9.59 Å². The summed E-state index contributed by atoms with van der Waals surface area (Å²) >= 11 is 0. The van der Waals surface area contributed by atoms with Crippen LogP contribution < -0.4 is 15.4 Å². The smallest absolute Gasteiger partial charge is 0.252 e. The van der Waals surface area contributed by atoms with Gasteiger partial charge in [0, 0.05) is 31.9 Å². The third-order valence-electron chi connectivity index (χ3n) is 5.49. The maximum absolute atomic E-state index is 12.3. The van der Waals surface area contributed by atoms with Gasteiger partial charge in [-0.25, -0.2) is 4.98 Å². The van der Waals surface area contributed by atoms with E-state index in [1.54, 1.807) is 32.4 Å². The Labute approximate surface area is 171 Å². The minimum atomic E-state index is -0.119. The molecular formula is C22H28N4O3. The molecule has 29 heavy (non-hydrogen) atoms. The summed E-state index contributed by atoms with van der Waals surface area (Å²) in [6.07, 6.45) is 7.29. The SMILES string of the molecule is COc1ccc(C(=O)NCC2CCC(C(NC(C)=O)c3ccccn3)CC2)cn1. The number of hydrogen-bond acceptors (Lipinski definition) is 5. The third kappa shape index (κ3) is 5.76. The van der Waals surface area contributed by atoms with E-state index in [4.69, 9.17) is 4.74 Å². The second kappa shape index (κ2) is 10.0. The Bertz CT molecular complexity index is 803. The molecule has 1 saturated carbocycles. The van der Waals surface area contributed by atoms with Crippen molar-refractivity contribution in [1.82, 2.24) is 20.6 Å². The van der Waals surface area contributed by atoms with Gasteiger partial charge < -0.3 is 15.4 Å². The van der Waals surface area contributed by atoms with E-state index in [2.05, 4.69) is 20.6 Å². The Balaban J connectivity index is 1.51. The van der Waals surface area contributed by atoms with E-state index in [1.807, 2.05) is 18.2 Å². The van der Waals surface area contributed by atoms with Crippen molar-refractivity contribution in [3.05, 3.63) is 54.0 Å². The largest absolute Gasteiger partial charge is 0.481 e. The Kier molecular flexibility index (Phi) is 7.16. The lowest BCUT2D eigenvalue weighted by atomic mass is 9.77. The lowest BCUT2D eigenvalue weighted by Gasteiger charge is -2.34. The van der Waals surface area contributed by atoms with Crippen LogP contribution in [-0.2, 0) is 4.79 Å². The average molecular weight is 396 g/mol. The summed E-state index contributed by atoms with van der Waals surface area (Å²) in [6, 6.07) is 9.13. The van der Waals surface area contributed by atoms with Crippen LogP contribution >= 0.6 is 0 Å². The molecule has 154 valence electrons. The molecule has 2 aromatic rings. The zero-order valence-electron chi connectivity index (χ0n) is 16.9. The van der Waals surface area contributed by atoms with Crippen LogP contribution in [0.5, 0.6) is 5.88 Å². The van der Waals surface area contributed by atoms with Gasteiger partial charge in [-0.1, -0.05) is 6.07 Å². The van der Waals surface area contributed by atoms with Gasteiger partial charge in [-0.15, -0.1) is 0 Å². The Morgan fingerprint density at radius 2 is 1.93 bits per heavy atom. The van der Waals surface area contributed by atoms with Crippen LogP contribution in [0.1, 0.15) is 54.7 Å². The highest BCUT2D eigenvalue weighted by Crippen LogP contribution is 2.36. The van der Waals surface area contributed by atoms with Crippen LogP contribution in [0.4, 0.5) is 0 Å². The number of methoxy groups -OCH3 is 1. The predicted octanol–water partition coefficient (Wildman–Crippen LogP) is 2.90. The molecule has 2 amide bonds. The molecule has 3 rings (SSSR count). The Morgan fingerprint density at radius 1 is 1.14 bits per heavy atom. The second-order valence-corrected chi connectivity index (χ2v) is 7.51. The first kappa shape index (κ1) is 20.8. The van der Waals surface area contributed by atoms with Gasteiger partial charge in [0.05, 0.1) is 24.4 Å². The summed E-state index contributed by atoms with van der Waals surface area (Å²) in [4.78, 5) is 32.5. The van der Waals surface area contributed by atoms with Crippen molar-refractivity contribution in [2.45, 2.75) is 38.6 Å². The standard InChI is InChI=1S/C22H28N4O3/c1-15(27)26-21(19-5-3-4-12-23-19)17-8-6-16(7-9-17)13-25-22(28)18-10-11-20(29-2)24-14-18/h3-5,10-12,14,16-17,21H,6-9,13H2,1-2H3,(H,25,28)(H,26,27). The van der Waals surface area contributed by atoms with Gasteiger partial charge in [-0.2, -0.15) is 0 Å². The molecule has 7 heteroatoms. The molecule has 0 aromatic carbocycles. The van der Waals surface area contributed by atoms with E-state index < -0.39 is 0 Å². The maximum Gasteiger partial charge on any atom is 0.252 e. The van der Waals surface area contributed by atoms with E-state index in [1.165, 1.54) is 6.20 Å². The topological polar surface area (TPSA) is 93.2 Å². The molecule has 1 atom stereocenters. The van der Waals surface area contributed by atoms with Crippen LogP contribution in [0, 0.1) is 11.8 Å². The lowest BCUT2D eigenvalue weighted by molar-refractivity contribution is -0.120. The first-order valence-electron chi connectivity index (χ1n) is 10.0. The minimum absolute atomic E-state index is 0.0388. The summed E-state index contributed by atoms with van der Waals surface area (Å²) in [5.41, 5.74) is 1.44. The summed E-state index contributed by atoms with van der Waals surface area (Å²) in [7, 11) is 1.54. The van der Waals surface area contributed by atoms with Crippen molar-refractivity contribution >= 4 is 11.8 Å². The van der Waals surface area contributed by atoms with Crippen molar-refractivity contribution in [3.8, 4) is 5.88 Å². The molecule has 0 bridgehead atoms. The molecule has 0 saturated heterocycles. The monoisotopic (exact) mass is 396 g/mol. The lowest BCUT2D eigenvalue weighted by Crippen LogP contribution is -2.36. The number of amides is 2. The van der Waals surface area contributed by atoms with Crippen molar-refractivity contribution in [3.63, 3.8) is 0 Å². The van der Waals surface area contributed by atoms with E-state index in [0.29, 0.717) is 29.8 Å². The highest BCUT2D eigenvalue weighted by molar-refractivity contribution is 5.93. The number of ether oxygens (including phenoxy) is 1. The van der Waals surface area contributed by atoms with Crippen LogP contribution in [0.25, 0.3) is 0 Å². The molecule has 1 aliphatic carbocycles. The van der Waals surface area contributed by atoms with Gasteiger partial charge in [-0.05, 0) is 55.7 Å². The van der Waals surface area contributed by atoms with Crippen molar-refractivity contribution in [1.29, 1.82) is 0 Å². The number of nitrogens with one attached hydrogen (secondary N) is 2. The highest BCUT2D eigenvalue weighted by Gasteiger charge is 2.30. The summed E-state index contributed by atoms with van der Waals surface area (Å²) < 4.78 is 5.02. The Morgan fingerprint density at radius 3 is 2.52 bits per heavy atom. The van der Waals surface area contributed by atoms with Crippen molar-refractivity contribution in [2.75, 3.05) is 13.7 Å². The van der Waals surface area contributed by atoms with Crippen LogP contribution in [-0.4, -0.2) is 35.4 Å². The average Bonchev–Trinajstić information content (AvgIpc) is 2.77. The molecule has 2 aromatic heterocycles. The van der Waals surface area contributed by atoms with Gasteiger partial charge in [0.25, 0.3) is 5.91 Å². The van der Waals surface area contributed by atoms with E-state index >= 15 is 0 Å². The predicted molar refractivity (Wildman–Crippen MR) is 109 cm³/mol. The first-order valence-corrected chi connectivity index (χ1v) is 10.0. The number of nitrogens with zero attached hydrogens (tertiary/aromatic N) is 2. The zero-order chi connectivity index (χ0) is 20.6. The van der Waals surface area contributed by atoms with Crippen LogP contribution in [0.15, 0.2) is 42.7 Å². The third-order valence-corrected chi connectivity index (χ3v) is 5.49. The molecular weight excluding hydrogens is 368 g/mol. The number of carbonyl (C=O) groups excluding carboxylic acids is 2.